The van der Waals surface area contributed by atoms with E-state index in [4.69, 9.17) is 0 Å². The molecule has 0 N–H and O–H groups in total. The van der Waals surface area contributed by atoms with E-state index >= 15 is 0 Å². The highest BCUT2D eigenvalue weighted by Gasteiger charge is 2.18. The topological polar surface area (TPSA) is 0 Å². The number of rotatable bonds is 4. The first-order chi connectivity index (χ1) is 8.26. The van der Waals surface area contributed by atoms with Crippen LogP contribution in [0.2, 0.25) is 0 Å². The van der Waals surface area contributed by atoms with Crippen molar-refractivity contribution in [3.8, 4) is 0 Å². The Morgan fingerprint density at radius 3 is 2.82 bits per heavy atom. The van der Waals surface area contributed by atoms with Crippen molar-refractivity contribution in [1.82, 2.24) is 0 Å². The largest absolute Gasteiger partial charge is 0.188 e. The third kappa shape index (κ3) is 2.44. The summed E-state index contributed by atoms with van der Waals surface area (Å²) in [6, 6.07) is 8.73. The van der Waals surface area contributed by atoms with Crippen molar-refractivity contribution in [3.05, 3.63) is 60.1 Å². The maximum atomic E-state index is 3.82. The lowest BCUT2D eigenvalue weighted by Gasteiger charge is -2.04. The minimum atomic E-state index is 0.438. The highest BCUT2D eigenvalue weighted by atomic mass is 14.1. The third-order valence-electron chi connectivity index (χ3n) is 3.46. The predicted octanol–water partition coefficient (Wildman–Crippen LogP) is 3.26. The Hall–Kier alpha value is -1.50. The molecule has 0 bridgehead atoms. The van der Waals surface area contributed by atoms with E-state index in [-0.39, 0.29) is 0 Å². The number of fused-ring (bicyclic) bond motifs is 1. The summed E-state index contributed by atoms with van der Waals surface area (Å²) < 4.78 is 0. The van der Waals surface area contributed by atoms with Gasteiger partial charge in [0, 0.05) is 0 Å². The Kier molecular flexibility index (Phi) is 3.68. The summed E-state index contributed by atoms with van der Waals surface area (Å²) in [6.45, 7) is 8.23. The summed E-state index contributed by atoms with van der Waals surface area (Å²) in [6.07, 6.45) is 7.62. The molecule has 0 radical (unpaired) electrons. The first-order valence-corrected chi connectivity index (χ1v) is 6.37. The standard InChI is InChI=1S/C16H19B/c1-4-12(3)10-11-14-13-8-6-7-9-16(13)17-15(14)5-2/h4,6-12,17H,1,5H2,2-3H3/b11-10-/t12-/m0/s1. The monoisotopic (exact) mass is 222 g/mol. The maximum Gasteiger partial charge on any atom is 0.188 e. The van der Waals surface area contributed by atoms with Gasteiger partial charge >= 0.3 is 0 Å². The van der Waals surface area contributed by atoms with E-state index in [0.717, 1.165) is 13.7 Å². The molecule has 0 fully saturated rings. The van der Waals surface area contributed by atoms with Crippen LogP contribution in [0, 0.1) is 5.92 Å². The summed E-state index contributed by atoms with van der Waals surface area (Å²) in [7, 11) is 1.12. The Balaban J connectivity index is 2.35. The van der Waals surface area contributed by atoms with E-state index in [1.165, 1.54) is 16.6 Å². The average molecular weight is 222 g/mol. The fourth-order valence-electron chi connectivity index (χ4n) is 2.30. The SMILES string of the molecule is C=C[C@H](C)/C=C\C1=C(CC)Bc2ccccc21. The van der Waals surface area contributed by atoms with Gasteiger partial charge in [-0.05, 0) is 23.5 Å². The van der Waals surface area contributed by atoms with Gasteiger partial charge in [0.15, 0.2) is 7.28 Å². The summed E-state index contributed by atoms with van der Waals surface area (Å²) in [5, 5.41) is 0. The number of hydrogen-bond acceptors (Lipinski definition) is 0. The first kappa shape index (κ1) is 12.0. The molecule has 0 unspecified atom stereocenters. The van der Waals surface area contributed by atoms with Crippen LogP contribution in [0.25, 0.3) is 5.57 Å². The molecule has 1 heterocycles. The van der Waals surface area contributed by atoms with Crippen LogP contribution in [-0.4, -0.2) is 7.28 Å². The van der Waals surface area contributed by atoms with Crippen molar-refractivity contribution in [1.29, 1.82) is 0 Å². The van der Waals surface area contributed by atoms with Crippen molar-refractivity contribution in [2.45, 2.75) is 20.3 Å². The number of allylic oxidation sites excluding steroid dienone is 5. The fourth-order valence-corrected chi connectivity index (χ4v) is 2.30. The Morgan fingerprint density at radius 2 is 2.12 bits per heavy atom. The zero-order chi connectivity index (χ0) is 12.3. The third-order valence-corrected chi connectivity index (χ3v) is 3.46. The minimum Gasteiger partial charge on any atom is -0.102 e. The molecule has 0 nitrogen and oxygen atoms in total. The second-order valence-corrected chi connectivity index (χ2v) is 4.66. The van der Waals surface area contributed by atoms with Gasteiger partial charge in [-0.25, -0.2) is 0 Å². The van der Waals surface area contributed by atoms with Gasteiger partial charge in [-0.1, -0.05) is 67.3 Å². The van der Waals surface area contributed by atoms with E-state index < -0.39 is 0 Å². The molecule has 2 rings (SSSR count). The lowest BCUT2D eigenvalue weighted by molar-refractivity contribution is 0.944. The van der Waals surface area contributed by atoms with Gasteiger partial charge in [0.05, 0.1) is 0 Å². The summed E-state index contributed by atoms with van der Waals surface area (Å²) in [5.41, 5.74) is 5.86. The molecule has 86 valence electrons. The number of benzene rings is 1. The second-order valence-electron chi connectivity index (χ2n) is 4.66. The van der Waals surface area contributed by atoms with Crippen LogP contribution in [0.15, 0.2) is 54.5 Å². The number of hydrogen-bond donors (Lipinski definition) is 0. The van der Waals surface area contributed by atoms with Gasteiger partial charge in [-0.15, -0.1) is 6.58 Å². The van der Waals surface area contributed by atoms with E-state index in [0.29, 0.717) is 5.92 Å². The smallest absolute Gasteiger partial charge is 0.102 e. The molecule has 17 heavy (non-hydrogen) atoms. The molecule has 0 aromatic heterocycles. The molecule has 0 aliphatic carbocycles. The molecular weight excluding hydrogens is 203 g/mol. The van der Waals surface area contributed by atoms with Gasteiger partial charge < -0.3 is 0 Å². The molecule has 1 aromatic carbocycles. The molecule has 0 saturated carbocycles. The zero-order valence-corrected chi connectivity index (χ0v) is 10.7. The van der Waals surface area contributed by atoms with Crippen molar-refractivity contribution >= 4 is 18.3 Å². The molecule has 0 spiro atoms. The lowest BCUT2D eigenvalue weighted by atomic mass is 9.66. The predicted molar refractivity (Wildman–Crippen MR) is 78.9 cm³/mol. The molecular formula is C16H19B. The second kappa shape index (κ2) is 5.22. The quantitative estimate of drug-likeness (QED) is 0.541. The summed E-state index contributed by atoms with van der Waals surface area (Å²) in [4.78, 5) is 0. The molecule has 1 aliphatic rings. The molecule has 1 heteroatoms. The van der Waals surface area contributed by atoms with Crippen LogP contribution in [0.3, 0.4) is 0 Å². The van der Waals surface area contributed by atoms with E-state index in [1.54, 1.807) is 5.47 Å². The van der Waals surface area contributed by atoms with E-state index in [1.807, 2.05) is 6.08 Å². The highest BCUT2D eigenvalue weighted by molar-refractivity contribution is 6.66. The molecule has 0 amide bonds. The van der Waals surface area contributed by atoms with Crippen molar-refractivity contribution in [2.75, 3.05) is 0 Å². The molecule has 1 aromatic rings. The van der Waals surface area contributed by atoms with Gasteiger partial charge in [0.2, 0.25) is 0 Å². The van der Waals surface area contributed by atoms with E-state index in [2.05, 4.69) is 56.8 Å². The Bertz CT molecular complexity index is 480. The Labute approximate surface area is 105 Å². The van der Waals surface area contributed by atoms with Gasteiger partial charge in [-0.2, -0.15) is 0 Å². The van der Waals surface area contributed by atoms with Crippen molar-refractivity contribution < 1.29 is 0 Å². The normalized spacial score (nSPS) is 15.9. The van der Waals surface area contributed by atoms with Crippen LogP contribution in [-0.2, 0) is 0 Å². The zero-order valence-electron chi connectivity index (χ0n) is 10.7. The lowest BCUT2D eigenvalue weighted by Crippen LogP contribution is -2.12. The summed E-state index contributed by atoms with van der Waals surface area (Å²) >= 11 is 0. The molecule has 1 aliphatic heterocycles. The van der Waals surface area contributed by atoms with Crippen LogP contribution >= 0.6 is 0 Å². The van der Waals surface area contributed by atoms with Crippen molar-refractivity contribution in [2.24, 2.45) is 5.92 Å². The minimum absolute atomic E-state index is 0.438. The van der Waals surface area contributed by atoms with Crippen LogP contribution < -0.4 is 5.46 Å². The van der Waals surface area contributed by atoms with Gasteiger partial charge in [0.1, 0.15) is 0 Å². The van der Waals surface area contributed by atoms with Gasteiger partial charge in [-0.3, -0.25) is 0 Å². The van der Waals surface area contributed by atoms with Crippen LogP contribution in [0.4, 0.5) is 0 Å². The van der Waals surface area contributed by atoms with Gasteiger partial charge in [0.25, 0.3) is 0 Å². The molecule has 1 atom stereocenters. The van der Waals surface area contributed by atoms with E-state index in [9.17, 15) is 0 Å². The maximum absolute atomic E-state index is 3.82. The van der Waals surface area contributed by atoms with Crippen molar-refractivity contribution in [3.63, 3.8) is 0 Å². The van der Waals surface area contributed by atoms with Crippen LogP contribution in [0.5, 0.6) is 0 Å². The average Bonchev–Trinajstić information content (AvgIpc) is 2.73. The summed E-state index contributed by atoms with van der Waals surface area (Å²) in [5.74, 6) is 0.438. The highest BCUT2D eigenvalue weighted by Crippen LogP contribution is 2.26. The molecule has 0 saturated heterocycles. The Morgan fingerprint density at radius 1 is 1.35 bits per heavy atom. The first-order valence-electron chi connectivity index (χ1n) is 6.37. The fraction of sp³-hybridized carbons (Fsp3) is 0.250. The van der Waals surface area contributed by atoms with Crippen LogP contribution in [0.1, 0.15) is 25.8 Å².